The number of nitrogens with one attached hydrogen (secondary N) is 1. The molecular formula is C19H28N2. The van der Waals surface area contributed by atoms with Gasteiger partial charge in [0.1, 0.15) is 0 Å². The smallest absolute Gasteiger partial charge is 0.0705 e. The van der Waals surface area contributed by atoms with E-state index >= 15 is 0 Å². The van der Waals surface area contributed by atoms with Crippen molar-refractivity contribution in [1.82, 2.24) is 10.3 Å². The van der Waals surface area contributed by atoms with E-state index in [1.807, 2.05) is 0 Å². The van der Waals surface area contributed by atoms with Gasteiger partial charge in [-0.05, 0) is 36.9 Å². The minimum Gasteiger partial charge on any atom is -0.313 e. The maximum atomic E-state index is 4.83. The van der Waals surface area contributed by atoms with Crippen molar-refractivity contribution in [3.8, 4) is 0 Å². The topological polar surface area (TPSA) is 24.9 Å². The zero-order valence-corrected chi connectivity index (χ0v) is 13.8. The largest absolute Gasteiger partial charge is 0.313 e. The van der Waals surface area contributed by atoms with Crippen LogP contribution in [-0.4, -0.2) is 17.6 Å². The van der Waals surface area contributed by atoms with Crippen molar-refractivity contribution in [3.63, 3.8) is 0 Å². The van der Waals surface area contributed by atoms with E-state index < -0.39 is 0 Å². The normalized spacial score (nSPS) is 13.5. The highest BCUT2D eigenvalue weighted by Gasteiger charge is 2.27. The summed E-state index contributed by atoms with van der Waals surface area (Å²) in [5, 5.41) is 4.93. The average Bonchev–Trinajstić information content (AvgIpc) is 2.51. The minimum absolute atomic E-state index is 0.280. The number of para-hydroxylation sites is 1. The van der Waals surface area contributed by atoms with Gasteiger partial charge in [0.2, 0.25) is 0 Å². The molecule has 1 N–H and O–H groups in total. The van der Waals surface area contributed by atoms with Crippen LogP contribution in [0.2, 0.25) is 0 Å². The Morgan fingerprint density at radius 1 is 1.10 bits per heavy atom. The molecular weight excluding hydrogens is 256 g/mol. The van der Waals surface area contributed by atoms with Crippen molar-refractivity contribution >= 4 is 10.9 Å². The number of rotatable bonds is 7. The molecule has 1 atom stereocenters. The van der Waals surface area contributed by atoms with Crippen molar-refractivity contribution in [3.05, 3.63) is 42.1 Å². The van der Waals surface area contributed by atoms with Crippen LogP contribution in [0.1, 0.15) is 46.2 Å². The summed E-state index contributed by atoms with van der Waals surface area (Å²) in [6.45, 7) is 10.3. The van der Waals surface area contributed by atoms with Crippen molar-refractivity contribution < 1.29 is 0 Å². The van der Waals surface area contributed by atoms with E-state index in [1.54, 1.807) is 0 Å². The number of aromatic nitrogens is 1. The van der Waals surface area contributed by atoms with E-state index in [9.17, 15) is 0 Å². The number of benzene rings is 1. The highest BCUT2D eigenvalue weighted by molar-refractivity contribution is 5.78. The third kappa shape index (κ3) is 4.04. The third-order valence-electron chi connectivity index (χ3n) is 4.56. The number of pyridine rings is 1. The lowest BCUT2D eigenvalue weighted by molar-refractivity contribution is 0.229. The molecule has 0 fully saturated rings. The van der Waals surface area contributed by atoms with E-state index in [0.717, 1.165) is 18.5 Å². The summed E-state index contributed by atoms with van der Waals surface area (Å²) in [6.07, 6.45) is 3.33. The Hall–Kier alpha value is -1.41. The van der Waals surface area contributed by atoms with Crippen molar-refractivity contribution in [2.24, 2.45) is 5.41 Å². The molecule has 1 heterocycles. The van der Waals surface area contributed by atoms with E-state index in [2.05, 4.69) is 69.4 Å². The van der Waals surface area contributed by atoms with E-state index in [-0.39, 0.29) is 5.41 Å². The first kappa shape index (κ1) is 16.0. The molecule has 2 aromatic rings. The second-order valence-corrected chi connectivity index (χ2v) is 6.55. The lowest BCUT2D eigenvalue weighted by atomic mass is 9.79. The predicted octanol–water partition coefficient (Wildman–Crippen LogP) is 4.58. The van der Waals surface area contributed by atoms with Crippen molar-refractivity contribution in [2.75, 3.05) is 6.54 Å². The van der Waals surface area contributed by atoms with Gasteiger partial charge in [-0.25, -0.2) is 0 Å². The van der Waals surface area contributed by atoms with Crippen LogP contribution in [0.4, 0.5) is 0 Å². The lowest BCUT2D eigenvalue weighted by Crippen LogP contribution is -2.43. The molecule has 2 nitrogen and oxygen atoms in total. The quantitative estimate of drug-likeness (QED) is 0.805. The molecule has 114 valence electrons. The molecule has 0 radical (unpaired) electrons. The average molecular weight is 284 g/mol. The Kier molecular flexibility index (Phi) is 5.35. The molecule has 0 aliphatic heterocycles. The monoisotopic (exact) mass is 284 g/mol. The summed E-state index contributed by atoms with van der Waals surface area (Å²) in [7, 11) is 0. The summed E-state index contributed by atoms with van der Waals surface area (Å²) in [5.74, 6) is 0. The van der Waals surface area contributed by atoms with Gasteiger partial charge in [-0.3, -0.25) is 4.98 Å². The molecule has 0 saturated heterocycles. The number of fused-ring (bicyclic) bond motifs is 1. The van der Waals surface area contributed by atoms with Gasteiger partial charge in [0.15, 0.2) is 0 Å². The van der Waals surface area contributed by atoms with Crippen molar-refractivity contribution in [1.29, 1.82) is 0 Å². The molecule has 21 heavy (non-hydrogen) atoms. The van der Waals surface area contributed by atoms with Crippen LogP contribution < -0.4 is 5.32 Å². The molecule has 0 aliphatic carbocycles. The maximum Gasteiger partial charge on any atom is 0.0705 e. The van der Waals surface area contributed by atoms with Gasteiger partial charge in [-0.1, -0.05) is 52.0 Å². The van der Waals surface area contributed by atoms with Gasteiger partial charge < -0.3 is 5.32 Å². The summed E-state index contributed by atoms with van der Waals surface area (Å²) in [4.78, 5) is 4.83. The second kappa shape index (κ2) is 7.04. The molecule has 0 bridgehead atoms. The number of nitrogens with zero attached hydrogens (tertiary/aromatic N) is 1. The van der Waals surface area contributed by atoms with E-state index in [1.165, 1.54) is 23.9 Å². The molecule has 0 saturated carbocycles. The molecule has 1 aromatic carbocycles. The third-order valence-corrected chi connectivity index (χ3v) is 4.56. The van der Waals surface area contributed by atoms with Crippen LogP contribution in [-0.2, 0) is 6.42 Å². The second-order valence-electron chi connectivity index (χ2n) is 6.55. The summed E-state index contributed by atoms with van der Waals surface area (Å²) in [6, 6.07) is 13.2. The Balaban J connectivity index is 2.21. The minimum atomic E-state index is 0.280. The van der Waals surface area contributed by atoms with Gasteiger partial charge in [0.05, 0.1) is 5.52 Å². The van der Waals surface area contributed by atoms with Crippen LogP contribution in [0.5, 0.6) is 0 Å². The fourth-order valence-corrected chi connectivity index (χ4v) is 2.62. The molecule has 2 rings (SSSR count). The zero-order chi connectivity index (χ0) is 15.3. The number of hydrogen-bond donors (Lipinski definition) is 1. The van der Waals surface area contributed by atoms with Crippen LogP contribution in [0.15, 0.2) is 36.4 Å². The Morgan fingerprint density at radius 2 is 1.86 bits per heavy atom. The van der Waals surface area contributed by atoms with Crippen LogP contribution in [0.25, 0.3) is 10.9 Å². The van der Waals surface area contributed by atoms with E-state index in [4.69, 9.17) is 4.98 Å². The summed E-state index contributed by atoms with van der Waals surface area (Å²) >= 11 is 0. The van der Waals surface area contributed by atoms with Gasteiger partial charge in [0, 0.05) is 23.5 Å². The lowest BCUT2D eigenvalue weighted by Gasteiger charge is -2.34. The fourth-order valence-electron chi connectivity index (χ4n) is 2.62. The fraction of sp³-hybridized carbons (Fsp3) is 0.526. The Labute approximate surface area is 129 Å². The molecule has 0 aliphatic rings. The van der Waals surface area contributed by atoms with Crippen molar-refractivity contribution in [2.45, 2.75) is 53.0 Å². The van der Waals surface area contributed by atoms with Gasteiger partial charge in [-0.15, -0.1) is 0 Å². The molecule has 0 amide bonds. The van der Waals surface area contributed by atoms with E-state index in [0.29, 0.717) is 6.04 Å². The summed E-state index contributed by atoms with van der Waals surface area (Å²) < 4.78 is 0. The van der Waals surface area contributed by atoms with Gasteiger partial charge in [0.25, 0.3) is 0 Å². The zero-order valence-electron chi connectivity index (χ0n) is 13.8. The summed E-state index contributed by atoms with van der Waals surface area (Å²) in [5.41, 5.74) is 2.56. The molecule has 1 aromatic heterocycles. The molecule has 1 unspecified atom stereocenters. The number of hydrogen-bond acceptors (Lipinski definition) is 2. The maximum absolute atomic E-state index is 4.83. The first-order valence-electron chi connectivity index (χ1n) is 8.15. The standard InChI is InChI=1S/C19H28N2/c1-5-13-20-18(19(3,4)6-2)14-16-12-11-15-9-7-8-10-17(15)21-16/h7-12,18,20H,5-6,13-14H2,1-4H3. The van der Waals surface area contributed by atoms with Gasteiger partial charge >= 0.3 is 0 Å². The van der Waals surface area contributed by atoms with Crippen LogP contribution >= 0.6 is 0 Å². The molecule has 2 heteroatoms. The Bertz CT molecular complexity index is 575. The first-order chi connectivity index (χ1) is 10.1. The van der Waals surface area contributed by atoms with Gasteiger partial charge in [-0.2, -0.15) is 0 Å². The predicted molar refractivity (Wildman–Crippen MR) is 91.6 cm³/mol. The van der Waals surface area contributed by atoms with Crippen LogP contribution in [0.3, 0.4) is 0 Å². The highest BCUT2D eigenvalue weighted by Crippen LogP contribution is 2.27. The van der Waals surface area contributed by atoms with Crippen LogP contribution in [0, 0.1) is 5.41 Å². The Morgan fingerprint density at radius 3 is 2.57 bits per heavy atom. The SMILES string of the molecule is CCCNC(Cc1ccc2ccccc2n1)C(C)(C)CC. The highest BCUT2D eigenvalue weighted by atomic mass is 14.9. The first-order valence-corrected chi connectivity index (χ1v) is 8.15. The molecule has 0 spiro atoms.